The van der Waals surface area contributed by atoms with Crippen LogP contribution in [0.1, 0.15) is 24.8 Å². The monoisotopic (exact) mass is 216 g/mol. The van der Waals surface area contributed by atoms with Gasteiger partial charge in [0.1, 0.15) is 0 Å². The standard InChI is InChI=1S/C14H16O2/c1-11-8-9-14(10-11,13(15)16-2)12-6-4-3-5-7-12/h3-7H,1,8-10H2,2H3. The molecule has 0 aliphatic heterocycles. The second-order valence-corrected chi connectivity index (χ2v) is 4.37. The van der Waals surface area contributed by atoms with Crippen LogP contribution in [0.4, 0.5) is 0 Å². The molecule has 1 aromatic carbocycles. The van der Waals surface area contributed by atoms with Crippen molar-refractivity contribution in [1.82, 2.24) is 0 Å². The van der Waals surface area contributed by atoms with Crippen LogP contribution in [0.3, 0.4) is 0 Å². The highest BCUT2D eigenvalue weighted by Gasteiger charge is 2.45. The average Bonchev–Trinajstić information content (AvgIpc) is 2.73. The van der Waals surface area contributed by atoms with E-state index in [0.29, 0.717) is 6.42 Å². The normalized spacial score (nSPS) is 24.4. The van der Waals surface area contributed by atoms with E-state index in [9.17, 15) is 4.79 Å². The Hall–Kier alpha value is -1.57. The van der Waals surface area contributed by atoms with Crippen molar-refractivity contribution in [2.75, 3.05) is 7.11 Å². The maximum atomic E-state index is 12.0. The number of carbonyl (C=O) groups excluding carboxylic acids is 1. The van der Waals surface area contributed by atoms with Crippen LogP contribution < -0.4 is 0 Å². The second-order valence-electron chi connectivity index (χ2n) is 4.37. The zero-order chi connectivity index (χ0) is 11.6. The highest BCUT2D eigenvalue weighted by molar-refractivity contribution is 5.84. The third-order valence-corrected chi connectivity index (χ3v) is 3.36. The summed E-state index contributed by atoms with van der Waals surface area (Å²) >= 11 is 0. The Balaban J connectivity index is 2.44. The Morgan fingerprint density at radius 1 is 1.38 bits per heavy atom. The molecule has 16 heavy (non-hydrogen) atoms. The fourth-order valence-electron chi connectivity index (χ4n) is 2.48. The fraction of sp³-hybridized carbons (Fsp3) is 0.357. The molecule has 2 nitrogen and oxygen atoms in total. The third kappa shape index (κ3) is 1.64. The molecular weight excluding hydrogens is 200 g/mol. The van der Waals surface area contributed by atoms with Gasteiger partial charge in [-0.25, -0.2) is 0 Å². The molecule has 0 saturated heterocycles. The lowest BCUT2D eigenvalue weighted by Gasteiger charge is -2.26. The Labute approximate surface area is 95.9 Å². The fourth-order valence-corrected chi connectivity index (χ4v) is 2.48. The topological polar surface area (TPSA) is 26.3 Å². The molecule has 2 rings (SSSR count). The molecule has 1 aliphatic carbocycles. The molecule has 1 saturated carbocycles. The van der Waals surface area contributed by atoms with Crippen LogP contribution in [-0.4, -0.2) is 13.1 Å². The van der Waals surface area contributed by atoms with Gasteiger partial charge in [0.15, 0.2) is 0 Å². The second kappa shape index (κ2) is 4.12. The molecule has 0 aromatic heterocycles. The molecule has 1 unspecified atom stereocenters. The first-order valence-corrected chi connectivity index (χ1v) is 5.49. The van der Waals surface area contributed by atoms with Crippen molar-refractivity contribution < 1.29 is 9.53 Å². The number of allylic oxidation sites excluding steroid dienone is 1. The molecule has 1 aromatic rings. The zero-order valence-electron chi connectivity index (χ0n) is 9.53. The molecule has 1 atom stereocenters. The summed E-state index contributed by atoms with van der Waals surface area (Å²) in [5, 5.41) is 0. The molecule has 0 bridgehead atoms. The van der Waals surface area contributed by atoms with Gasteiger partial charge in [-0.3, -0.25) is 4.79 Å². The van der Waals surface area contributed by atoms with Gasteiger partial charge in [0.05, 0.1) is 12.5 Å². The first-order chi connectivity index (χ1) is 7.69. The summed E-state index contributed by atoms with van der Waals surface area (Å²) in [7, 11) is 1.45. The molecule has 0 N–H and O–H groups in total. The van der Waals surface area contributed by atoms with Gasteiger partial charge in [-0.15, -0.1) is 0 Å². The molecular formula is C14H16O2. The number of ether oxygens (including phenoxy) is 1. The number of methoxy groups -OCH3 is 1. The Bertz CT molecular complexity index is 408. The number of hydrogen-bond donors (Lipinski definition) is 0. The van der Waals surface area contributed by atoms with Gasteiger partial charge in [0.2, 0.25) is 0 Å². The van der Waals surface area contributed by atoms with Crippen molar-refractivity contribution in [2.45, 2.75) is 24.7 Å². The van der Waals surface area contributed by atoms with Gasteiger partial charge < -0.3 is 4.74 Å². The van der Waals surface area contributed by atoms with Crippen LogP contribution in [0.15, 0.2) is 42.5 Å². The van der Waals surface area contributed by atoms with Crippen molar-refractivity contribution >= 4 is 5.97 Å². The maximum Gasteiger partial charge on any atom is 0.316 e. The summed E-state index contributed by atoms with van der Waals surface area (Å²) in [5.74, 6) is -0.141. The van der Waals surface area contributed by atoms with Gasteiger partial charge in [0, 0.05) is 0 Å². The first kappa shape index (κ1) is 10.9. The lowest BCUT2D eigenvalue weighted by molar-refractivity contribution is -0.147. The number of rotatable bonds is 2. The highest BCUT2D eigenvalue weighted by Crippen LogP contribution is 2.44. The third-order valence-electron chi connectivity index (χ3n) is 3.36. The van der Waals surface area contributed by atoms with E-state index in [-0.39, 0.29) is 5.97 Å². The van der Waals surface area contributed by atoms with Gasteiger partial charge in [-0.2, -0.15) is 0 Å². The predicted molar refractivity (Wildman–Crippen MR) is 63.1 cm³/mol. The van der Waals surface area contributed by atoms with Gasteiger partial charge >= 0.3 is 5.97 Å². The van der Waals surface area contributed by atoms with Crippen molar-refractivity contribution in [1.29, 1.82) is 0 Å². The van der Waals surface area contributed by atoms with Gasteiger partial charge in [-0.1, -0.05) is 42.5 Å². The minimum Gasteiger partial charge on any atom is -0.468 e. The molecule has 2 heteroatoms. The van der Waals surface area contributed by atoms with Gasteiger partial charge in [-0.05, 0) is 24.8 Å². The quantitative estimate of drug-likeness (QED) is 0.561. The van der Waals surface area contributed by atoms with E-state index in [1.165, 1.54) is 7.11 Å². The molecule has 0 spiro atoms. The Kier molecular flexibility index (Phi) is 2.82. The molecule has 0 radical (unpaired) electrons. The summed E-state index contributed by atoms with van der Waals surface area (Å²) < 4.78 is 4.96. The molecule has 1 aliphatic rings. The van der Waals surface area contributed by atoms with E-state index < -0.39 is 5.41 Å². The van der Waals surface area contributed by atoms with E-state index in [1.54, 1.807) is 0 Å². The minimum absolute atomic E-state index is 0.141. The number of esters is 1. The highest BCUT2D eigenvalue weighted by atomic mass is 16.5. The van der Waals surface area contributed by atoms with Crippen molar-refractivity contribution in [3.8, 4) is 0 Å². The van der Waals surface area contributed by atoms with Crippen molar-refractivity contribution in [3.05, 3.63) is 48.0 Å². The summed E-state index contributed by atoms with van der Waals surface area (Å²) in [4.78, 5) is 12.0. The van der Waals surface area contributed by atoms with Gasteiger partial charge in [0.25, 0.3) is 0 Å². The summed E-state index contributed by atoms with van der Waals surface area (Å²) in [5.41, 5.74) is 1.68. The minimum atomic E-state index is -0.493. The number of hydrogen-bond acceptors (Lipinski definition) is 2. The van der Waals surface area contributed by atoms with E-state index in [1.807, 2.05) is 30.3 Å². The van der Waals surface area contributed by atoms with Crippen LogP contribution in [0.5, 0.6) is 0 Å². The first-order valence-electron chi connectivity index (χ1n) is 5.49. The van der Waals surface area contributed by atoms with E-state index in [4.69, 9.17) is 4.74 Å². The summed E-state index contributed by atoms with van der Waals surface area (Å²) in [6.45, 7) is 3.98. The van der Waals surface area contributed by atoms with Crippen LogP contribution in [0, 0.1) is 0 Å². The summed E-state index contributed by atoms with van der Waals surface area (Å²) in [6, 6.07) is 9.87. The van der Waals surface area contributed by atoms with Crippen molar-refractivity contribution in [2.24, 2.45) is 0 Å². The smallest absolute Gasteiger partial charge is 0.316 e. The van der Waals surface area contributed by atoms with Crippen LogP contribution >= 0.6 is 0 Å². The molecule has 84 valence electrons. The van der Waals surface area contributed by atoms with Crippen LogP contribution in [0.2, 0.25) is 0 Å². The molecule has 0 amide bonds. The Morgan fingerprint density at radius 3 is 2.56 bits per heavy atom. The van der Waals surface area contributed by atoms with E-state index in [2.05, 4.69) is 6.58 Å². The predicted octanol–water partition coefficient (Wildman–Crippen LogP) is 2.84. The maximum absolute atomic E-state index is 12.0. The van der Waals surface area contributed by atoms with E-state index >= 15 is 0 Å². The van der Waals surface area contributed by atoms with Crippen LogP contribution in [-0.2, 0) is 14.9 Å². The SMILES string of the molecule is C=C1CCC(C(=O)OC)(c2ccccc2)C1. The van der Waals surface area contributed by atoms with Crippen molar-refractivity contribution in [3.63, 3.8) is 0 Å². The number of benzene rings is 1. The van der Waals surface area contributed by atoms with Crippen LogP contribution in [0.25, 0.3) is 0 Å². The lowest BCUT2D eigenvalue weighted by Crippen LogP contribution is -2.34. The number of carbonyl (C=O) groups is 1. The molecule has 0 heterocycles. The summed E-state index contributed by atoms with van der Waals surface area (Å²) in [6.07, 6.45) is 2.43. The van der Waals surface area contributed by atoms with E-state index in [0.717, 1.165) is 24.0 Å². The molecule has 1 fully saturated rings. The largest absolute Gasteiger partial charge is 0.468 e. The Morgan fingerprint density at radius 2 is 2.06 bits per heavy atom. The average molecular weight is 216 g/mol. The lowest BCUT2D eigenvalue weighted by atomic mass is 9.79. The zero-order valence-corrected chi connectivity index (χ0v) is 9.53.